The third-order valence-corrected chi connectivity index (χ3v) is 7.73. The Kier molecular flexibility index (Phi) is 3.32. The summed E-state index contributed by atoms with van der Waals surface area (Å²) >= 11 is 0. The quantitative estimate of drug-likeness (QED) is 0.732. The molecule has 2 N–H and O–H groups in total. The Balaban J connectivity index is 1.73. The van der Waals surface area contributed by atoms with Gasteiger partial charge in [0.05, 0.1) is 18.3 Å². The highest BCUT2D eigenvalue weighted by molar-refractivity contribution is 5.29. The normalized spacial score (nSPS) is 54.2. The van der Waals surface area contributed by atoms with Crippen LogP contribution in [-0.4, -0.2) is 35.1 Å². The predicted molar refractivity (Wildman–Crippen MR) is 85.4 cm³/mol. The van der Waals surface area contributed by atoms with Crippen LogP contribution in [0.4, 0.5) is 0 Å². The fourth-order valence-corrected chi connectivity index (χ4v) is 6.37. The van der Waals surface area contributed by atoms with Crippen LogP contribution < -0.4 is 0 Å². The summed E-state index contributed by atoms with van der Waals surface area (Å²) in [4.78, 5) is 0. The van der Waals surface area contributed by atoms with Gasteiger partial charge in [0.2, 0.25) is 0 Å². The number of aliphatic hydroxyl groups is 2. The molecule has 0 bridgehead atoms. The molecular formula is C19H30O3. The fraction of sp³-hybridized carbons (Fsp3) is 0.895. The summed E-state index contributed by atoms with van der Waals surface area (Å²) in [6, 6.07) is 0. The summed E-state index contributed by atoms with van der Waals surface area (Å²) in [5.74, 6) is 0.721. The third kappa shape index (κ3) is 1.85. The fourth-order valence-electron chi connectivity index (χ4n) is 6.37. The zero-order valence-corrected chi connectivity index (χ0v) is 14.0. The smallest absolute Gasteiger partial charge is 0.0913 e. The molecule has 0 amide bonds. The second kappa shape index (κ2) is 4.81. The van der Waals surface area contributed by atoms with E-state index in [1.54, 1.807) is 0 Å². The first-order valence-corrected chi connectivity index (χ1v) is 9.08. The van der Waals surface area contributed by atoms with Crippen LogP contribution in [0.5, 0.6) is 0 Å². The second-order valence-electron chi connectivity index (χ2n) is 8.86. The number of aliphatic hydroxyl groups excluding tert-OH is 1. The van der Waals surface area contributed by atoms with Gasteiger partial charge in [-0.3, -0.25) is 0 Å². The maximum atomic E-state index is 11.0. The van der Waals surface area contributed by atoms with Crippen molar-refractivity contribution < 1.29 is 14.9 Å². The molecule has 0 unspecified atom stereocenters. The lowest BCUT2D eigenvalue weighted by atomic mass is 9.47. The molecule has 0 aromatic heterocycles. The lowest BCUT2D eigenvalue weighted by Crippen LogP contribution is -2.58. The number of rotatable bonds is 1. The van der Waals surface area contributed by atoms with Gasteiger partial charge in [0.15, 0.2) is 0 Å². The summed E-state index contributed by atoms with van der Waals surface area (Å²) < 4.78 is 6.15. The Hall–Kier alpha value is -0.380. The largest absolute Gasteiger partial charge is 0.393 e. The minimum Gasteiger partial charge on any atom is -0.393 e. The first kappa shape index (κ1) is 15.2. The average molecular weight is 306 g/mol. The van der Waals surface area contributed by atoms with Crippen molar-refractivity contribution in [2.45, 2.75) is 70.5 Å². The number of ether oxygens (including phenoxy) is 1. The van der Waals surface area contributed by atoms with Gasteiger partial charge in [0, 0.05) is 6.61 Å². The maximum absolute atomic E-state index is 11.0. The molecule has 4 rings (SSSR count). The molecule has 1 saturated heterocycles. The first-order chi connectivity index (χ1) is 10.4. The Morgan fingerprint density at radius 2 is 2.05 bits per heavy atom. The van der Waals surface area contributed by atoms with Gasteiger partial charge < -0.3 is 14.9 Å². The van der Waals surface area contributed by atoms with E-state index in [2.05, 4.69) is 19.9 Å². The van der Waals surface area contributed by atoms with Gasteiger partial charge in [-0.1, -0.05) is 19.9 Å². The molecule has 3 heteroatoms. The number of hydrogen-bond donors (Lipinski definition) is 2. The van der Waals surface area contributed by atoms with Crippen molar-refractivity contribution in [3.05, 3.63) is 11.6 Å². The highest BCUT2D eigenvalue weighted by Crippen LogP contribution is 2.63. The second-order valence-corrected chi connectivity index (χ2v) is 8.86. The molecule has 3 fully saturated rings. The number of fused-ring (bicyclic) bond motifs is 5. The third-order valence-electron chi connectivity index (χ3n) is 7.73. The van der Waals surface area contributed by atoms with Gasteiger partial charge in [0.1, 0.15) is 0 Å². The van der Waals surface area contributed by atoms with Gasteiger partial charge in [-0.15, -0.1) is 0 Å². The van der Waals surface area contributed by atoms with Crippen molar-refractivity contribution in [3.63, 3.8) is 0 Å². The molecule has 2 saturated carbocycles. The van der Waals surface area contributed by atoms with E-state index >= 15 is 0 Å². The van der Waals surface area contributed by atoms with E-state index in [-0.39, 0.29) is 17.9 Å². The minimum atomic E-state index is -0.883. The Morgan fingerprint density at radius 3 is 2.82 bits per heavy atom. The molecule has 0 aromatic carbocycles. The van der Waals surface area contributed by atoms with Gasteiger partial charge in [-0.05, 0) is 73.2 Å². The van der Waals surface area contributed by atoms with Crippen LogP contribution in [0.3, 0.4) is 0 Å². The Bertz CT molecular complexity index is 501. The van der Waals surface area contributed by atoms with Crippen molar-refractivity contribution in [2.24, 2.45) is 22.7 Å². The highest BCUT2D eigenvalue weighted by Gasteiger charge is 2.59. The van der Waals surface area contributed by atoms with Crippen LogP contribution in [0.15, 0.2) is 11.6 Å². The molecule has 1 heterocycles. The van der Waals surface area contributed by atoms with E-state index < -0.39 is 5.60 Å². The van der Waals surface area contributed by atoms with E-state index in [0.717, 1.165) is 25.9 Å². The summed E-state index contributed by atoms with van der Waals surface area (Å²) in [5, 5.41) is 20.8. The van der Waals surface area contributed by atoms with E-state index in [0.29, 0.717) is 17.4 Å². The summed E-state index contributed by atoms with van der Waals surface area (Å²) in [5.41, 5.74) is 1.08. The molecule has 124 valence electrons. The van der Waals surface area contributed by atoms with Crippen LogP contribution in [0.1, 0.15) is 58.8 Å². The van der Waals surface area contributed by atoms with Crippen LogP contribution in [0.2, 0.25) is 0 Å². The summed E-state index contributed by atoms with van der Waals surface area (Å²) in [6.07, 6.45) is 10.2. The number of allylic oxidation sites excluding steroid dienone is 1. The highest BCUT2D eigenvalue weighted by atomic mass is 16.5. The van der Waals surface area contributed by atoms with Crippen LogP contribution >= 0.6 is 0 Å². The Labute approximate surface area is 133 Å². The zero-order chi connectivity index (χ0) is 15.6. The molecule has 0 radical (unpaired) electrons. The van der Waals surface area contributed by atoms with Crippen LogP contribution in [0, 0.1) is 22.7 Å². The SMILES string of the molecule is C[C@@]12CCO[C@@H]1C1=CC[C@H]3[C@@](O)(CO)CCC[C@]3(C)[C@H]1CC2. The molecule has 0 aromatic rings. The molecule has 3 nitrogen and oxygen atoms in total. The Morgan fingerprint density at radius 1 is 1.23 bits per heavy atom. The van der Waals surface area contributed by atoms with Crippen molar-refractivity contribution in [1.82, 2.24) is 0 Å². The maximum Gasteiger partial charge on any atom is 0.0913 e. The van der Waals surface area contributed by atoms with E-state index in [4.69, 9.17) is 4.74 Å². The molecule has 3 aliphatic carbocycles. The molecule has 6 atom stereocenters. The topological polar surface area (TPSA) is 49.7 Å². The van der Waals surface area contributed by atoms with Gasteiger partial charge in [-0.25, -0.2) is 0 Å². The first-order valence-electron chi connectivity index (χ1n) is 9.08. The van der Waals surface area contributed by atoms with Crippen molar-refractivity contribution in [3.8, 4) is 0 Å². The van der Waals surface area contributed by atoms with Crippen molar-refractivity contribution in [1.29, 1.82) is 0 Å². The standard InChI is InChI=1S/C19H30O3/c1-17-9-6-14-13(16(17)22-11-10-17)4-5-15-18(14,2)7-3-8-19(15,21)12-20/h4,14-16,20-21H,3,5-12H2,1-2H3/t14-,15+,16+,17+,18+,19-/m0/s1. The van der Waals surface area contributed by atoms with E-state index in [9.17, 15) is 10.2 Å². The zero-order valence-electron chi connectivity index (χ0n) is 14.0. The van der Waals surface area contributed by atoms with Gasteiger partial charge >= 0.3 is 0 Å². The lowest BCUT2D eigenvalue weighted by Gasteiger charge is -2.59. The minimum absolute atomic E-state index is 0.0964. The average Bonchev–Trinajstić information content (AvgIpc) is 2.89. The molecule has 22 heavy (non-hydrogen) atoms. The van der Waals surface area contributed by atoms with E-state index in [1.165, 1.54) is 31.3 Å². The molecule has 4 aliphatic rings. The van der Waals surface area contributed by atoms with Crippen molar-refractivity contribution >= 4 is 0 Å². The number of hydrogen-bond acceptors (Lipinski definition) is 3. The molecule has 0 spiro atoms. The summed E-state index contributed by atoms with van der Waals surface area (Å²) in [6.45, 7) is 5.56. The van der Waals surface area contributed by atoms with Crippen LogP contribution in [0.25, 0.3) is 0 Å². The van der Waals surface area contributed by atoms with Gasteiger partial charge in [0.25, 0.3) is 0 Å². The van der Waals surface area contributed by atoms with Gasteiger partial charge in [-0.2, -0.15) is 0 Å². The van der Waals surface area contributed by atoms with Crippen molar-refractivity contribution in [2.75, 3.05) is 13.2 Å². The van der Waals surface area contributed by atoms with Crippen LogP contribution in [-0.2, 0) is 4.74 Å². The molecule has 1 aliphatic heterocycles. The van der Waals surface area contributed by atoms with E-state index in [1.807, 2.05) is 0 Å². The lowest BCUT2D eigenvalue weighted by molar-refractivity contribution is -0.156. The summed E-state index contributed by atoms with van der Waals surface area (Å²) in [7, 11) is 0. The predicted octanol–water partition coefficient (Wildman–Crippen LogP) is 3.05. The molecular weight excluding hydrogens is 276 g/mol. The monoisotopic (exact) mass is 306 g/mol.